The first-order valence-corrected chi connectivity index (χ1v) is 10.0. The molecular formula is C16H20N4O3S. The molecule has 1 aliphatic heterocycles. The number of pyridine rings is 1. The maximum Gasteiger partial charge on any atom is 0.272 e. The molecule has 1 unspecified atom stereocenters. The van der Waals surface area contributed by atoms with Gasteiger partial charge in [0, 0.05) is 37.6 Å². The second kappa shape index (κ2) is 5.56. The Labute approximate surface area is 140 Å². The molecule has 2 aliphatic rings. The molecule has 1 aliphatic carbocycles. The Morgan fingerprint density at radius 3 is 2.79 bits per heavy atom. The number of aromatic nitrogens is 2. The number of rotatable bonds is 4. The Kier molecular flexibility index (Phi) is 3.61. The molecule has 7 nitrogen and oxygen atoms in total. The van der Waals surface area contributed by atoms with Crippen LogP contribution in [0.2, 0.25) is 0 Å². The molecule has 2 aromatic heterocycles. The minimum atomic E-state index is -3.52. The van der Waals surface area contributed by atoms with Crippen LogP contribution in [0, 0.1) is 0 Å². The Morgan fingerprint density at radius 2 is 2.08 bits per heavy atom. The van der Waals surface area contributed by atoms with Crippen molar-refractivity contribution in [3.63, 3.8) is 0 Å². The highest BCUT2D eigenvalue weighted by molar-refractivity contribution is 7.90. The topological polar surface area (TPSA) is 83.8 Å². The molecule has 2 fully saturated rings. The fourth-order valence-corrected chi connectivity index (χ4v) is 4.14. The Balaban J connectivity index is 1.60. The fourth-order valence-electron chi connectivity index (χ4n) is 3.37. The number of nitrogens with zero attached hydrogens (tertiary/aromatic N) is 3. The summed E-state index contributed by atoms with van der Waals surface area (Å²) in [5, 5.41) is 2.91. The first-order chi connectivity index (χ1) is 11.4. The van der Waals surface area contributed by atoms with Crippen LogP contribution in [0.1, 0.15) is 29.8 Å². The molecule has 0 bridgehead atoms. The van der Waals surface area contributed by atoms with Gasteiger partial charge in [-0.25, -0.2) is 13.4 Å². The summed E-state index contributed by atoms with van der Waals surface area (Å²) in [6.07, 6.45) is 6.14. The van der Waals surface area contributed by atoms with Gasteiger partial charge in [-0.05, 0) is 31.4 Å². The van der Waals surface area contributed by atoms with Gasteiger partial charge in [0.1, 0.15) is 0 Å². The molecule has 1 N–H and O–H groups in total. The van der Waals surface area contributed by atoms with E-state index in [1.54, 1.807) is 24.4 Å². The Bertz CT molecular complexity index is 901. The van der Waals surface area contributed by atoms with Crippen molar-refractivity contribution in [1.82, 2.24) is 19.6 Å². The maximum atomic E-state index is 12.6. The molecule has 1 saturated carbocycles. The van der Waals surface area contributed by atoms with E-state index in [0.29, 0.717) is 11.6 Å². The van der Waals surface area contributed by atoms with Gasteiger partial charge in [0.15, 0.2) is 5.69 Å². The van der Waals surface area contributed by atoms with E-state index in [4.69, 9.17) is 0 Å². The molecule has 24 heavy (non-hydrogen) atoms. The average molecular weight is 348 g/mol. The zero-order valence-corrected chi connectivity index (χ0v) is 14.3. The number of nitrogens with one attached hydrogen (secondary N) is 1. The molecule has 1 amide bonds. The Hall–Kier alpha value is -1.93. The van der Waals surface area contributed by atoms with Gasteiger partial charge in [-0.1, -0.05) is 6.07 Å². The summed E-state index contributed by atoms with van der Waals surface area (Å²) in [7, 11) is -3.52. The maximum absolute atomic E-state index is 12.6. The van der Waals surface area contributed by atoms with Crippen LogP contribution in [0.15, 0.2) is 29.6 Å². The number of likely N-dealkylation sites (tertiary alicyclic amines) is 1. The lowest BCUT2D eigenvalue weighted by atomic mass is 10.2. The highest BCUT2D eigenvalue weighted by Crippen LogP contribution is 2.30. The van der Waals surface area contributed by atoms with E-state index in [2.05, 4.69) is 15.2 Å². The van der Waals surface area contributed by atoms with Gasteiger partial charge in [0.25, 0.3) is 5.91 Å². The number of carbonyl (C=O) groups is 1. The second-order valence-electron chi connectivity index (χ2n) is 6.66. The fraction of sp³-hybridized carbons (Fsp3) is 0.500. The van der Waals surface area contributed by atoms with Gasteiger partial charge in [0.2, 0.25) is 15.0 Å². The van der Waals surface area contributed by atoms with E-state index in [1.165, 1.54) is 17.2 Å². The summed E-state index contributed by atoms with van der Waals surface area (Å²) in [5.74, 6) is -0.309. The summed E-state index contributed by atoms with van der Waals surface area (Å²) >= 11 is 0. The van der Waals surface area contributed by atoms with Crippen molar-refractivity contribution in [1.29, 1.82) is 0 Å². The quantitative estimate of drug-likeness (QED) is 0.879. The zero-order valence-electron chi connectivity index (χ0n) is 13.5. The standard InChI is InChI=1S/C16H20N4O3S/c1-24(22,23)16-18-14(13-4-2-3-8-20(13)16)15(21)17-11-7-9-19(10-11)12-5-6-12/h2-4,8,11-12H,5-7,9-10H2,1H3,(H,17,21). The third-order valence-electron chi connectivity index (χ3n) is 4.68. The monoisotopic (exact) mass is 348 g/mol. The molecule has 3 heterocycles. The summed E-state index contributed by atoms with van der Waals surface area (Å²) in [5.41, 5.74) is 0.674. The zero-order chi connectivity index (χ0) is 16.9. The SMILES string of the molecule is CS(=O)(=O)c1nc(C(=O)NC2CCN(C3CC3)C2)c2ccccn12. The molecule has 0 aromatic carbocycles. The first kappa shape index (κ1) is 15.6. The van der Waals surface area contributed by atoms with Crippen molar-refractivity contribution in [3.05, 3.63) is 30.1 Å². The smallest absolute Gasteiger partial charge is 0.272 e. The second-order valence-corrected chi connectivity index (χ2v) is 8.57. The van der Waals surface area contributed by atoms with Crippen molar-refractivity contribution in [2.24, 2.45) is 0 Å². The predicted molar refractivity (Wildman–Crippen MR) is 88.8 cm³/mol. The van der Waals surface area contributed by atoms with E-state index in [-0.39, 0.29) is 22.8 Å². The minimum absolute atomic E-state index is 0.0974. The van der Waals surface area contributed by atoms with E-state index in [1.807, 2.05) is 0 Å². The third kappa shape index (κ3) is 2.80. The van der Waals surface area contributed by atoms with Gasteiger partial charge >= 0.3 is 0 Å². The van der Waals surface area contributed by atoms with E-state index in [9.17, 15) is 13.2 Å². The average Bonchev–Trinajstić information content (AvgIpc) is 3.14. The van der Waals surface area contributed by atoms with Gasteiger partial charge in [0.05, 0.1) is 5.52 Å². The number of carbonyl (C=O) groups excluding carboxylic acids is 1. The molecular weight excluding hydrogens is 328 g/mol. The third-order valence-corrected chi connectivity index (χ3v) is 5.63. The van der Waals surface area contributed by atoms with Gasteiger partial charge < -0.3 is 5.32 Å². The molecule has 4 rings (SSSR count). The van der Waals surface area contributed by atoms with Crippen LogP contribution in [-0.2, 0) is 9.84 Å². The molecule has 1 atom stereocenters. The lowest BCUT2D eigenvalue weighted by Crippen LogP contribution is -2.37. The highest BCUT2D eigenvalue weighted by atomic mass is 32.2. The van der Waals surface area contributed by atoms with E-state index < -0.39 is 9.84 Å². The van der Waals surface area contributed by atoms with Crippen LogP contribution in [0.5, 0.6) is 0 Å². The Morgan fingerprint density at radius 1 is 1.29 bits per heavy atom. The van der Waals surface area contributed by atoms with Crippen LogP contribution in [0.4, 0.5) is 0 Å². The molecule has 1 saturated heterocycles. The van der Waals surface area contributed by atoms with Crippen LogP contribution in [-0.4, -0.2) is 60.0 Å². The van der Waals surface area contributed by atoms with E-state index >= 15 is 0 Å². The van der Waals surface area contributed by atoms with Gasteiger partial charge in [-0.3, -0.25) is 14.1 Å². The number of fused-ring (bicyclic) bond motifs is 1. The van der Waals surface area contributed by atoms with Crippen LogP contribution in [0.25, 0.3) is 5.52 Å². The van der Waals surface area contributed by atoms with Gasteiger partial charge in [-0.2, -0.15) is 0 Å². The van der Waals surface area contributed by atoms with Crippen molar-refractivity contribution in [2.45, 2.75) is 36.5 Å². The minimum Gasteiger partial charge on any atom is -0.347 e. The van der Waals surface area contributed by atoms with Crippen molar-refractivity contribution in [3.8, 4) is 0 Å². The summed E-state index contributed by atoms with van der Waals surface area (Å²) in [6, 6.07) is 5.99. The number of sulfone groups is 1. The summed E-state index contributed by atoms with van der Waals surface area (Å²) in [4.78, 5) is 19.2. The molecule has 0 spiro atoms. The first-order valence-electron chi connectivity index (χ1n) is 8.15. The lowest BCUT2D eigenvalue weighted by Gasteiger charge is -2.15. The number of hydrogen-bond donors (Lipinski definition) is 1. The number of hydrogen-bond acceptors (Lipinski definition) is 5. The predicted octanol–water partition coefficient (Wildman–Crippen LogP) is 0.704. The molecule has 0 radical (unpaired) electrons. The largest absolute Gasteiger partial charge is 0.347 e. The van der Waals surface area contributed by atoms with Crippen LogP contribution in [0.3, 0.4) is 0 Å². The molecule has 128 valence electrons. The normalized spacial score (nSPS) is 22.1. The summed E-state index contributed by atoms with van der Waals surface area (Å²) < 4.78 is 25.3. The molecule has 8 heteroatoms. The highest BCUT2D eigenvalue weighted by Gasteiger charge is 2.35. The van der Waals surface area contributed by atoms with E-state index in [0.717, 1.165) is 25.8 Å². The van der Waals surface area contributed by atoms with Crippen molar-refractivity contribution < 1.29 is 13.2 Å². The molecule has 2 aromatic rings. The number of amides is 1. The van der Waals surface area contributed by atoms with Crippen molar-refractivity contribution >= 4 is 21.3 Å². The van der Waals surface area contributed by atoms with Gasteiger partial charge in [-0.15, -0.1) is 0 Å². The van der Waals surface area contributed by atoms with Crippen LogP contribution >= 0.6 is 0 Å². The van der Waals surface area contributed by atoms with Crippen LogP contribution < -0.4 is 5.32 Å². The lowest BCUT2D eigenvalue weighted by molar-refractivity contribution is 0.0934. The number of imidazole rings is 1. The summed E-state index contributed by atoms with van der Waals surface area (Å²) in [6.45, 7) is 1.87. The van der Waals surface area contributed by atoms with Crippen molar-refractivity contribution in [2.75, 3.05) is 19.3 Å².